The van der Waals surface area contributed by atoms with Crippen LogP contribution in [0.15, 0.2) is 6.33 Å². The number of nitriles is 1. The number of hydrazine groups is 1. The van der Waals surface area contributed by atoms with Gasteiger partial charge in [-0.25, -0.2) is 29.4 Å². The van der Waals surface area contributed by atoms with Gasteiger partial charge in [-0.3, -0.25) is 5.01 Å². The second-order valence-electron chi connectivity index (χ2n) is 11.5. The number of alkyl halides is 3. The third-order valence-electron chi connectivity index (χ3n) is 6.92. The van der Waals surface area contributed by atoms with Gasteiger partial charge in [-0.15, -0.1) is 0 Å². The number of halogens is 3. The van der Waals surface area contributed by atoms with Crippen molar-refractivity contribution in [3.05, 3.63) is 12.2 Å². The van der Waals surface area contributed by atoms with E-state index in [-0.39, 0.29) is 29.4 Å². The molecule has 1 aliphatic carbocycles. The number of hydrogen-bond donors (Lipinski definition) is 2. The SMILES string of the molecule is CN(C)C1CCN(C(=O)n2cnc3c(N(NC(=O)OC(C)(C)C)C4CCCC4)nc(C#N)nc32)CC1.O=C(O)C(F)(F)F. The van der Waals surface area contributed by atoms with Crippen LogP contribution in [-0.2, 0) is 9.53 Å². The number of carboxylic acids is 1. The average molecular weight is 612 g/mol. The van der Waals surface area contributed by atoms with Crippen LogP contribution in [0, 0.1) is 11.3 Å². The zero-order chi connectivity index (χ0) is 32.1. The summed E-state index contributed by atoms with van der Waals surface area (Å²) in [5, 5.41) is 18.4. The minimum Gasteiger partial charge on any atom is -0.475 e. The summed E-state index contributed by atoms with van der Waals surface area (Å²) < 4.78 is 38.6. The van der Waals surface area contributed by atoms with Gasteiger partial charge in [0, 0.05) is 19.1 Å². The van der Waals surface area contributed by atoms with Crippen molar-refractivity contribution in [3.8, 4) is 6.07 Å². The molecule has 1 aliphatic heterocycles. The van der Waals surface area contributed by atoms with Crippen molar-refractivity contribution in [2.24, 2.45) is 0 Å². The maximum absolute atomic E-state index is 13.4. The zero-order valence-corrected chi connectivity index (χ0v) is 24.7. The van der Waals surface area contributed by atoms with Gasteiger partial charge in [0.1, 0.15) is 18.0 Å². The van der Waals surface area contributed by atoms with E-state index < -0.39 is 23.8 Å². The molecular weight excluding hydrogens is 575 g/mol. The summed E-state index contributed by atoms with van der Waals surface area (Å²) in [5.41, 5.74) is 2.72. The second kappa shape index (κ2) is 13.4. The van der Waals surface area contributed by atoms with Crippen LogP contribution >= 0.6 is 0 Å². The van der Waals surface area contributed by atoms with Crippen LogP contribution in [0.1, 0.15) is 65.1 Å². The van der Waals surface area contributed by atoms with E-state index in [0.29, 0.717) is 24.6 Å². The van der Waals surface area contributed by atoms with Gasteiger partial charge in [0.25, 0.3) is 0 Å². The lowest BCUT2D eigenvalue weighted by atomic mass is 10.0. The zero-order valence-electron chi connectivity index (χ0n) is 24.7. The number of fused-ring (bicyclic) bond motifs is 1. The third-order valence-corrected chi connectivity index (χ3v) is 6.92. The lowest BCUT2D eigenvalue weighted by molar-refractivity contribution is -0.192. The molecule has 43 heavy (non-hydrogen) atoms. The number of ether oxygens (including phenoxy) is 1. The first-order valence-corrected chi connectivity index (χ1v) is 13.7. The van der Waals surface area contributed by atoms with E-state index >= 15 is 0 Å². The highest BCUT2D eigenvalue weighted by Gasteiger charge is 2.38. The fourth-order valence-corrected chi connectivity index (χ4v) is 4.85. The van der Waals surface area contributed by atoms with Crippen LogP contribution in [0.2, 0.25) is 0 Å². The first kappa shape index (κ1) is 33.3. The summed E-state index contributed by atoms with van der Waals surface area (Å²) in [6.07, 6.45) is 1.16. The molecule has 17 heteroatoms. The van der Waals surface area contributed by atoms with Crippen LogP contribution in [0.4, 0.5) is 28.6 Å². The summed E-state index contributed by atoms with van der Waals surface area (Å²) in [4.78, 5) is 52.2. The number of piperidine rings is 1. The van der Waals surface area contributed by atoms with Gasteiger partial charge in [-0.2, -0.15) is 28.4 Å². The highest BCUT2D eigenvalue weighted by atomic mass is 19.4. The van der Waals surface area contributed by atoms with Crippen LogP contribution < -0.4 is 10.4 Å². The lowest BCUT2D eigenvalue weighted by Gasteiger charge is -2.35. The van der Waals surface area contributed by atoms with Crippen LogP contribution in [0.5, 0.6) is 0 Å². The molecule has 2 aromatic heterocycles. The smallest absolute Gasteiger partial charge is 0.475 e. The van der Waals surface area contributed by atoms with E-state index in [1.807, 2.05) is 6.07 Å². The molecule has 14 nitrogen and oxygen atoms in total. The fraction of sp³-hybridized carbons (Fsp3) is 0.654. The van der Waals surface area contributed by atoms with E-state index in [1.54, 1.807) is 30.7 Å². The number of rotatable bonds is 4. The lowest BCUT2D eigenvalue weighted by Crippen LogP contribution is -2.50. The number of aliphatic carboxylic acids is 1. The minimum atomic E-state index is -5.08. The number of carboxylic acid groups (broad SMARTS) is 1. The van der Waals surface area contributed by atoms with Crippen molar-refractivity contribution < 1.29 is 37.4 Å². The van der Waals surface area contributed by atoms with E-state index in [9.17, 15) is 28.0 Å². The number of nitrogens with one attached hydrogen (secondary N) is 1. The van der Waals surface area contributed by atoms with E-state index in [0.717, 1.165) is 38.5 Å². The third kappa shape index (κ3) is 8.66. The largest absolute Gasteiger partial charge is 0.490 e. The fourth-order valence-electron chi connectivity index (χ4n) is 4.85. The van der Waals surface area contributed by atoms with Crippen molar-refractivity contribution in [2.45, 2.75) is 83.2 Å². The summed E-state index contributed by atoms with van der Waals surface area (Å²) in [6.45, 7) is 6.62. The highest BCUT2D eigenvalue weighted by Crippen LogP contribution is 2.30. The Morgan fingerprint density at radius 2 is 1.65 bits per heavy atom. The molecule has 1 saturated heterocycles. The Hall–Kier alpha value is -4.20. The molecule has 2 aliphatic rings. The number of nitrogens with zero attached hydrogens (tertiary/aromatic N) is 8. The highest BCUT2D eigenvalue weighted by molar-refractivity contribution is 5.92. The number of hydrogen-bond acceptors (Lipinski definition) is 10. The maximum Gasteiger partial charge on any atom is 0.490 e. The molecule has 4 rings (SSSR count). The first-order chi connectivity index (χ1) is 20.0. The molecule has 0 radical (unpaired) electrons. The Balaban J connectivity index is 0.000000646. The first-order valence-electron chi connectivity index (χ1n) is 13.7. The van der Waals surface area contributed by atoms with Crippen LogP contribution in [0.3, 0.4) is 0 Å². The summed E-state index contributed by atoms with van der Waals surface area (Å²) in [6, 6.07) is 2.13. The van der Waals surface area contributed by atoms with E-state index in [4.69, 9.17) is 14.6 Å². The van der Waals surface area contributed by atoms with Gasteiger partial charge in [-0.05, 0) is 60.5 Å². The van der Waals surface area contributed by atoms with Gasteiger partial charge < -0.3 is 19.6 Å². The number of aromatic nitrogens is 4. The van der Waals surface area contributed by atoms with Crippen molar-refractivity contribution in [1.82, 2.24) is 34.7 Å². The number of carbonyl (C=O) groups is 3. The van der Waals surface area contributed by atoms with Gasteiger partial charge >= 0.3 is 24.3 Å². The van der Waals surface area contributed by atoms with Gasteiger partial charge in [0.05, 0.1) is 6.04 Å². The molecule has 2 fully saturated rings. The Morgan fingerprint density at radius 1 is 1.07 bits per heavy atom. The van der Waals surface area contributed by atoms with Crippen molar-refractivity contribution in [2.75, 3.05) is 32.2 Å². The Labute approximate surface area is 246 Å². The van der Waals surface area contributed by atoms with Gasteiger partial charge in [-0.1, -0.05) is 12.8 Å². The normalized spacial score (nSPS) is 16.4. The number of imidazole rings is 1. The molecule has 0 aromatic carbocycles. The monoisotopic (exact) mass is 611 g/mol. The maximum atomic E-state index is 13.4. The summed E-state index contributed by atoms with van der Waals surface area (Å²) in [5.74, 6) is -2.58. The quantitative estimate of drug-likeness (QED) is 0.485. The molecule has 2 amide bonds. The van der Waals surface area contributed by atoms with E-state index in [1.165, 1.54) is 10.9 Å². The molecule has 236 valence electrons. The molecule has 0 spiro atoms. The van der Waals surface area contributed by atoms with Gasteiger partial charge in [0.15, 0.2) is 17.0 Å². The topological polar surface area (TPSA) is 170 Å². The Bertz CT molecular complexity index is 1350. The molecular formula is C26H36F3N9O5. The van der Waals surface area contributed by atoms with Crippen LogP contribution in [0.25, 0.3) is 11.2 Å². The number of likely N-dealkylation sites (tertiary alicyclic amines) is 1. The predicted molar refractivity (Wildman–Crippen MR) is 147 cm³/mol. The van der Waals surface area contributed by atoms with Gasteiger partial charge in [0.2, 0.25) is 5.82 Å². The standard InChI is InChI=1S/C24H35N9O3.C2HF3O2/c1-24(2,3)36-22(34)29-33(17-8-6-7-9-17)21-19-20(27-18(14-25)28-21)32(15-26-19)23(35)31-12-10-16(11-13-31)30(4)5;3-2(4,5)1(6)7/h15-17H,6-13H2,1-5H3,(H,29,34);(H,6,7). The number of amides is 2. The van der Waals surface area contributed by atoms with E-state index in [2.05, 4.69) is 39.4 Å². The van der Waals surface area contributed by atoms with Crippen LogP contribution in [-0.4, -0.2) is 104 Å². The second-order valence-corrected chi connectivity index (χ2v) is 11.5. The Kier molecular flexibility index (Phi) is 10.4. The van der Waals surface area contributed by atoms with Crippen molar-refractivity contribution in [1.29, 1.82) is 5.26 Å². The molecule has 0 bridgehead atoms. The predicted octanol–water partition coefficient (Wildman–Crippen LogP) is 3.51. The molecule has 1 saturated carbocycles. The summed E-state index contributed by atoms with van der Waals surface area (Å²) >= 11 is 0. The molecule has 2 N–H and O–H groups in total. The Morgan fingerprint density at radius 3 is 2.14 bits per heavy atom. The molecule has 2 aromatic rings. The number of carbonyl (C=O) groups excluding carboxylic acids is 2. The van der Waals surface area contributed by atoms with Crippen molar-refractivity contribution in [3.63, 3.8) is 0 Å². The average Bonchev–Trinajstić information content (AvgIpc) is 3.60. The minimum absolute atomic E-state index is 0.0481. The van der Waals surface area contributed by atoms with Crippen molar-refractivity contribution >= 4 is 35.1 Å². The summed E-state index contributed by atoms with van der Waals surface area (Å²) in [7, 11) is 4.10. The molecule has 0 unspecified atom stereocenters. The number of anilines is 1. The molecule has 0 atom stereocenters. The molecule has 3 heterocycles.